The average Bonchev–Trinajstić information content (AvgIpc) is 3.08. The molecule has 0 aromatic heterocycles. The van der Waals surface area contributed by atoms with Gasteiger partial charge in [-0.25, -0.2) is 0 Å². The lowest BCUT2D eigenvalue weighted by atomic mass is 10.0. The third kappa shape index (κ3) is 5.41. The van der Waals surface area contributed by atoms with Crippen molar-refractivity contribution in [2.24, 2.45) is 10.9 Å². The maximum atomic E-state index is 5.95. The summed E-state index contributed by atoms with van der Waals surface area (Å²) in [7, 11) is 3.89. The first kappa shape index (κ1) is 18.6. The lowest BCUT2D eigenvalue weighted by Crippen LogP contribution is -2.42. The van der Waals surface area contributed by atoms with Crippen LogP contribution in [-0.4, -0.2) is 57.9 Å². The predicted octanol–water partition coefficient (Wildman–Crippen LogP) is 2.73. The summed E-state index contributed by atoms with van der Waals surface area (Å²) in [5.41, 5.74) is 1.25. The van der Waals surface area contributed by atoms with Crippen LogP contribution >= 0.6 is 0 Å². The Morgan fingerprint density at radius 1 is 1.42 bits per heavy atom. The van der Waals surface area contributed by atoms with Gasteiger partial charge in [0.1, 0.15) is 12.4 Å². The van der Waals surface area contributed by atoms with Gasteiger partial charge in [-0.1, -0.05) is 32.0 Å². The molecule has 1 aliphatic rings. The van der Waals surface area contributed by atoms with Crippen molar-refractivity contribution in [1.29, 1.82) is 0 Å². The fraction of sp³-hybridized carbons (Fsp3) is 0.632. The number of nitrogens with one attached hydrogen (secondary N) is 1. The van der Waals surface area contributed by atoms with E-state index in [1.54, 1.807) is 0 Å². The number of hydrogen-bond acceptors (Lipinski definition) is 3. The summed E-state index contributed by atoms with van der Waals surface area (Å²) < 4.78 is 11.4. The van der Waals surface area contributed by atoms with Crippen molar-refractivity contribution in [3.8, 4) is 5.75 Å². The zero-order chi connectivity index (χ0) is 17.4. The predicted molar refractivity (Wildman–Crippen MR) is 98.9 cm³/mol. The van der Waals surface area contributed by atoms with Gasteiger partial charge in [-0.3, -0.25) is 4.99 Å². The monoisotopic (exact) mass is 333 g/mol. The number of aliphatic imine (C=N–C) groups is 1. The zero-order valence-corrected chi connectivity index (χ0v) is 15.4. The summed E-state index contributed by atoms with van der Waals surface area (Å²) in [4.78, 5) is 6.52. The highest BCUT2D eigenvalue weighted by molar-refractivity contribution is 5.79. The molecule has 1 aliphatic heterocycles. The van der Waals surface area contributed by atoms with Crippen LogP contribution in [0.25, 0.3) is 0 Å². The SMILES string of the molecule is CN=C(NCCOc1ccccc1C(C)C)N(C)CC1CCOC1. The molecule has 1 fully saturated rings. The fourth-order valence-corrected chi connectivity index (χ4v) is 3.00. The third-order valence-electron chi connectivity index (χ3n) is 4.31. The van der Waals surface area contributed by atoms with Crippen molar-refractivity contribution in [2.75, 3.05) is 47.0 Å². The highest BCUT2D eigenvalue weighted by Crippen LogP contribution is 2.25. The fourth-order valence-electron chi connectivity index (χ4n) is 3.00. The van der Waals surface area contributed by atoms with Gasteiger partial charge in [0.2, 0.25) is 0 Å². The van der Waals surface area contributed by atoms with E-state index in [2.05, 4.69) is 48.2 Å². The van der Waals surface area contributed by atoms with Gasteiger partial charge in [-0.05, 0) is 24.0 Å². The van der Waals surface area contributed by atoms with Crippen LogP contribution in [0, 0.1) is 5.92 Å². The molecule has 1 heterocycles. The molecule has 0 bridgehead atoms. The Morgan fingerprint density at radius 3 is 2.88 bits per heavy atom. The van der Waals surface area contributed by atoms with Crippen LogP contribution in [0.4, 0.5) is 0 Å². The summed E-state index contributed by atoms with van der Waals surface area (Å²) >= 11 is 0. The maximum absolute atomic E-state index is 5.95. The minimum atomic E-state index is 0.460. The normalized spacial score (nSPS) is 18.0. The highest BCUT2D eigenvalue weighted by Gasteiger charge is 2.18. The molecule has 0 radical (unpaired) electrons. The Kier molecular flexibility index (Phi) is 7.37. The van der Waals surface area contributed by atoms with E-state index in [4.69, 9.17) is 9.47 Å². The standard InChI is InChI=1S/C19H31N3O2/c1-15(2)17-7-5-6-8-18(17)24-12-10-21-19(20-3)22(4)13-16-9-11-23-14-16/h5-8,15-16H,9-14H2,1-4H3,(H,20,21). The van der Waals surface area contributed by atoms with Crippen molar-refractivity contribution < 1.29 is 9.47 Å². The minimum absolute atomic E-state index is 0.460. The summed E-state index contributed by atoms with van der Waals surface area (Å²) in [6.45, 7) is 8.42. The first-order chi connectivity index (χ1) is 11.6. The van der Waals surface area contributed by atoms with Gasteiger partial charge in [0.15, 0.2) is 5.96 Å². The number of rotatable bonds is 7. The van der Waals surface area contributed by atoms with Crippen LogP contribution in [0.1, 0.15) is 31.7 Å². The molecule has 1 aromatic rings. The largest absolute Gasteiger partial charge is 0.491 e. The van der Waals surface area contributed by atoms with Gasteiger partial charge in [-0.2, -0.15) is 0 Å². The number of hydrogen-bond donors (Lipinski definition) is 1. The van der Waals surface area contributed by atoms with Crippen molar-refractivity contribution in [3.63, 3.8) is 0 Å². The summed E-state index contributed by atoms with van der Waals surface area (Å²) in [5, 5.41) is 3.37. The molecule has 1 unspecified atom stereocenters. The number of benzene rings is 1. The molecular formula is C19H31N3O2. The van der Waals surface area contributed by atoms with Crippen LogP contribution in [0.5, 0.6) is 5.75 Å². The number of nitrogens with zero attached hydrogens (tertiary/aromatic N) is 2. The van der Waals surface area contributed by atoms with Crippen LogP contribution in [-0.2, 0) is 4.74 Å². The first-order valence-electron chi connectivity index (χ1n) is 8.83. The van der Waals surface area contributed by atoms with E-state index in [0.29, 0.717) is 18.4 Å². The zero-order valence-electron chi connectivity index (χ0n) is 15.4. The molecule has 24 heavy (non-hydrogen) atoms. The lowest BCUT2D eigenvalue weighted by molar-refractivity contribution is 0.181. The second-order valence-electron chi connectivity index (χ2n) is 6.63. The van der Waals surface area contributed by atoms with E-state index in [0.717, 1.165) is 44.4 Å². The number of guanidine groups is 1. The Bertz CT molecular complexity index is 525. The number of para-hydroxylation sites is 1. The Labute approximate surface area is 146 Å². The van der Waals surface area contributed by atoms with Crippen molar-refractivity contribution in [3.05, 3.63) is 29.8 Å². The second kappa shape index (κ2) is 9.52. The van der Waals surface area contributed by atoms with E-state index in [1.165, 1.54) is 5.56 Å². The second-order valence-corrected chi connectivity index (χ2v) is 6.63. The quantitative estimate of drug-likeness (QED) is 0.473. The molecule has 5 nitrogen and oxygen atoms in total. The molecule has 0 spiro atoms. The summed E-state index contributed by atoms with van der Waals surface area (Å²) in [6.07, 6.45) is 1.14. The first-order valence-corrected chi connectivity index (χ1v) is 8.83. The van der Waals surface area contributed by atoms with Crippen molar-refractivity contribution in [2.45, 2.75) is 26.2 Å². The molecule has 0 aliphatic carbocycles. The summed E-state index contributed by atoms with van der Waals surface area (Å²) in [6, 6.07) is 8.25. The van der Waals surface area contributed by atoms with Crippen molar-refractivity contribution >= 4 is 5.96 Å². The molecule has 0 amide bonds. The topological polar surface area (TPSA) is 46.1 Å². The maximum Gasteiger partial charge on any atom is 0.193 e. The van der Waals surface area contributed by atoms with E-state index in [9.17, 15) is 0 Å². The third-order valence-corrected chi connectivity index (χ3v) is 4.31. The highest BCUT2D eigenvalue weighted by atomic mass is 16.5. The Hall–Kier alpha value is -1.75. The van der Waals surface area contributed by atoms with Crippen LogP contribution in [0.2, 0.25) is 0 Å². The van der Waals surface area contributed by atoms with E-state index >= 15 is 0 Å². The molecule has 2 rings (SSSR count). The minimum Gasteiger partial charge on any atom is -0.491 e. The van der Waals surface area contributed by atoms with Gasteiger partial charge in [0.25, 0.3) is 0 Å². The Morgan fingerprint density at radius 2 is 2.21 bits per heavy atom. The molecule has 1 saturated heterocycles. The van der Waals surface area contributed by atoms with E-state index in [-0.39, 0.29) is 0 Å². The summed E-state index contributed by atoms with van der Waals surface area (Å²) in [5.74, 6) is 2.94. The van der Waals surface area contributed by atoms with Gasteiger partial charge >= 0.3 is 0 Å². The molecule has 1 atom stereocenters. The van der Waals surface area contributed by atoms with Crippen LogP contribution in [0.15, 0.2) is 29.3 Å². The molecule has 5 heteroatoms. The van der Waals surface area contributed by atoms with Gasteiger partial charge in [0.05, 0.1) is 13.2 Å². The molecule has 1 N–H and O–H groups in total. The van der Waals surface area contributed by atoms with E-state index in [1.807, 2.05) is 19.2 Å². The molecule has 0 saturated carbocycles. The van der Waals surface area contributed by atoms with E-state index < -0.39 is 0 Å². The number of ether oxygens (including phenoxy) is 2. The molecule has 134 valence electrons. The van der Waals surface area contributed by atoms with Crippen molar-refractivity contribution in [1.82, 2.24) is 10.2 Å². The van der Waals surface area contributed by atoms with Gasteiger partial charge < -0.3 is 19.7 Å². The molecular weight excluding hydrogens is 302 g/mol. The Balaban J connectivity index is 1.76. The average molecular weight is 333 g/mol. The van der Waals surface area contributed by atoms with Gasteiger partial charge in [0, 0.05) is 33.2 Å². The smallest absolute Gasteiger partial charge is 0.193 e. The van der Waals surface area contributed by atoms with Gasteiger partial charge in [-0.15, -0.1) is 0 Å². The van der Waals surface area contributed by atoms with Crippen LogP contribution < -0.4 is 10.1 Å². The van der Waals surface area contributed by atoms with Crippen LogP contribution in [0.3, 0.4) is 0 Å². The lowest BCUT2D eigenvalue weighted by Gasteiger charge is -2.24. The molecule has 1 aromatic carbocycles.